The number of anilines is 1. The van der Waals surface area contributed by atoms with E-state index in [0.29, 0.717) is 11.6 Å². The van der Waals surface area contributed by atoms with Crippen LogP contribution in [0.1, 0.15) is 5.56 Å². The zero-order valence-electron chi connectivity index (χ0n) is 7.35. The molecule has 0 aromatic heterocycles. The number of hydrogen-bond acceptors (Lipinski definition) is 1. The van der Waals surface area contributed by atoms with Gasteiger partial charge in [-0.25, -0.2) is 0 Å². The van der Waals surface area contributed by atoms with Crippen molar-refractivity contribution in [3.05, 3.63) is 40.4 Å². The van der Waals surface area contributed by atoms with Gasteiger partial charge in [-0.2, -0.15) is 0 Å². The summed E-state index contributed by atoms with van der Waals surface area (Å²) in [5.41, 5.74) is 3.65. The average molecular weight is 216 g/mol. The maximum Gasteiger partial charge on any atom is 0.0516 e. The van der Waals surface area contributed by atoms with Crippen molar-refractivity contribution in [3.63, 3.8) is 0 Å². The van der Waals surface area contributed by atoms with E-state index in [9.17, 15) is 0 Å². The molecule has 0 atom stereocenters. The molecule has 0 aliphatic heterocycles. The number of hydrogen-bond donors (Lipinski definition) is 1. The van der Waals surface area contributed by atoms with Crippen LogP contribution in [-0.2, 0) is 0 Å². The normalized spacial score (nSPS) is 11.5. The minimum absolute atomic E-state index is 0.564. The van der Waals surface area contributed by atoms with E-state index in [1.165, 1.54) is 11.1 Å². The Morgan fingerprint density at radius 1 is 1.38 bits per heavy atom. The van der Waals surface area contributed by atoms with E-state index in [0.717, 1.165) is 5.69 Å². The third-order valence-electron chi connectivity index (χ3n) is 1.63. The summed E-state index contributed by atoms with van der Waals surface area (Å²) in [6.07, 6.45) is 0. The fourth-order valence-corrected chi connectivity index (χ4v) is 1.04. The minimum atomic E-state index is 0.564. The first-order valence-electron chi connectivity index (χ1n) is 3.97. The SMILES string of the molecule is Cc1ccc(NCC(Cl)=CCl)cc1. The van der Waals surface area contributed by atoms with Crippen LogP contribution in [0.4, 0.5) is 5.69 Å². The van der Waals surface area contributed by atoms with Crippen molar-refractivity contribution in [3.8, 4) is 0 Å². The molecule has 13 heavy (non-hydrogen) atoms. The van der Waals surface area contributed by atoms with Gasteiger partial charge >= 0.3 is 0 Å². The van der Waals surface area contributed by atoms with Crippen molar-refractivity contribution >= 4 is 28.9 Å². The smallest absolute Gasteiger partial charge is 0.0516 e. The average Bonchev–Trinajstić information content (AvgIpc) is 2.16. The zero-order chi connectivity index (χ0) is 9.68. The van der Waals surface area contributed by atoms with E-state index in [1.54, 1.807) is 0 Å². The number of benzene rings is 1. The molecule has 0 fully saturated rings. The Labute approximate surface area is 88.4 Å². The van der Waals surface area contributed by atoms with E-state index < -0.39 is 0 Å². The molecule has 0 bridgehead atoms. The van der Waals surface area contributed by atoms with Gasteiger partial charge in [-0.05, 0) is 19.1 Å². The predicted molar refractivity (Wildman–Crippen MR) is 59.5 cm³/mol. The summed E-state index contributed by atoms with van der Waals surface area (Å²) < 4.78 is 0. The lowest BCUT2D eigenvalue weighted by molar-refractivity contribution is 1.31. The van der Waals surface area contributed by atoms with Crippen molar-refractivity contribution in [1.82, 2.24) is 0 Å². The standard InChI is InChI=1S/C10H11Cl2N/c1-8-2-4-10(5-3-8)13-7-9(12)6-11/h2-6,13H,7H2,1H3. The van der Waals surface area contributed by atoms with Crippen LogP contribution in [-0.4, -0.2) is 6.54 Å². The van der Waals surface area contributed by atoms with Crippen LogP contribution in [0.25, 0.3) is 0 Å². The lowest BCUT2D eigenvalue weighted by Crippen LogP contribution is -2.00. The monoisotopic (exact) mass is 215 g/mol. The van der Waals surface area contributed by atoms with E-state index in [2.05, 4.69) is 12.2 Å². The fraction of sp³-hybridized carbons (Fsp3) is 0.200. The molecule has 0 aliphatic rings. The van der Waals surface area contributed by atoms with Gasteiger partial charge < -0.3 is 5.32 Å². The molecule has 3 heteroatoms. The molecule has 1 N–H and O–H groups in total. The van der Waals surface area contributed by atoms with Crippen LogP contribution < -0.4 is 5.32 Å². The largest absolute Gasteiger partial charge is 0.380 e. The molecular weight excluding hydrogens is 205 g/mol. The molecule has 0 unspecified atom stereocenters. The van der Waals surface area contributed by atoms with Gasteiger partial charge in [0.1, 0.15) is 0 Å². The fourth-order valence-electron chi connectivity index (χ4n) is 0.896. The van der Waals surface area contributed by atoms with Crippen LogP contribution >= 0.6 is 23.2 Å². The second-order valence-electron chi connectivity index (χ2n) is 2.78. The number of rotatable bonds is 3. The van der Waals surface area contributed by atoms with Crippen LogP contribution in [0, 0.1) is 6.92 Å². The van der Waals surface area contributed by atoms with Gasteiger partial charge in [0.05, 0.1) is 6.54 Å². The first-order chi connectivity index (χ1) is 6.22. The third-order valence-corrected chi connectivity index (χ3v) is 2.25. The first kappa shape index (κ1) is 10.4. The van der Waals surface area contributed by atoms with Crippen molar-refractivity contribution < 1.29 is 0 Å². The summed E-state index contributed by atoms with van der Waals surface area (Å²) in [6, 6.07) is 8.10. The maximum atomic E-state index is 5.71. The molecule has 0 saturated carbocycles. The van der Waals surface area contributed by atoms with Gasteiger partial charge in [-0.1, -0.05) is 40.9 Å². The highest BCUT2D eigenvalue weighted by molar-refractivity contribution is 6.36. The molecule has 0 amide bonds. The Bertz CT molecular complexity index is 290. The van der Waals surface area contributed by atoms with Gasteiger partial charge in [0.2, 0.25) is 0 Å². The highest BCUT2D eigenvalue weighted by Crippen LogP contribution is 2.10. The molecule has 1 rings (SSSR count). The van der Waals surface area contributed by atoms with Gasteiger partial charge in [0, 0.05) is 16.3 Å². The van der Waals surface area contributed by atoms with Gasteiger partial charge in [0.15, 0.2) is 0 Å². The second-order valence-corrected chi connectivity index (χ2v) is 3.48. The van der Waals surface area contributed by atoms with Gasteiger partial charge in [0.25, 0.3) is 0 Å². The summed E-state index contributed by atoms with van der Waals surface area (Å²) in [7, 11) is 0. The molecule has 0 spiro atoms. The summed E-state index contributed by atoms with van der Waals surface area (Å²) in [5, 5.41) is 3.74. The Kier molecular flexibility index (Phi) is 4.13. The highest BCUT2D eigenvalue weighted by Gasteiger charge is 1.92. The number of nitrogens with one attached hydrogen (secondary N) is 1. The first-order valence-corrected chi connectivity index (χ1v) is 4.79. The summed E-state index contributed by atoms with van der Waals surface area (Å²) in [5.74, 6) is 0. The molecule has 0 heterocycles. The molecule has 1 aromatic carbocycles. The summed E-state index contributed by atoms with van der Waals surface area (Å²) >= 11 is 11.1. The Hall–Kier alpha value is -0.660. The molecule has 1 nitrogen and oxygen atoms in total. The Balaban J connectivity index is 2.51. The Morgan fingerprint density at radius 3 is 2.54 bits per heavy atom. The van der Waals surface area contributed by atoms with Gasteiger partial charge in [-0.15, -0.1) is 0 Å². The van der Waals surface area contributed by atoms with Crippen molar-refractivity contribution in [2.24, 2.45) is 0 Å². The summed E-state index contributed by atoms with van der Waals surface area (Å²) in [4.78, 5) is 0. The quantitative estimate of drug-likeness (QED) is 0.811. The van der Waals surface area contributed by atoms with E-state index in [4.69, 9.17) is 23.2 Å². The van der Waals surface area contributed by atoms with E-state index in [-0.39, 0.29) is 0 Å². The molecule has 0 radical (unpaired) electrons. The molecular formula is C10H11Cl2N. The topological polar surface area (TPSA) is 12.0 Å². The van der Waals surface area contributed by atoms with E-state index in [1.807, 2.05) is 24.3 Å². The molecule has 1 aromatic rings. The van der Waals surface area contributed by atoms with E-state index >= 15 is 0 Å². The molecule has 70 valence electrons. The zero-order valence-corrected chi connectivity index (χ0v) is 8.86. The maximum absolute atomic E-state index is 5.71. The van der Waals surface area contributed by atoms with Crippen molar-refractivity contribution in [2.45, 2.75) is 6.92 Å². The number of halogens is 2. The number of aryl methyl sites for hydroxylation is 1. The van der Waals surface area contributed by atoms with Crippen molar-refractivity contribution in [1.29, 1.82) is 0 Å². The third kappa shape index (κ3) is 3.71. The highest BCUT2D eigenvalue weighted by atomic mass is 35.5. The van der Waals surface area contributed by atoms with Crippen molar-refractivity contribution in [2.75, 3.05) is 11.9 Å². The lowest BCUT2D eigenvalue weighted by Gasteiger charge is -2.04. The van der Waals surface area contributed by atoms with Gasteiger partial charge in [-0.3, -0.25) is 0 Å². The van der Waals surface area contributed by atoms with Crippen LogP contribution in [0.3, 0.4) is 0 Å². The molecule has 0 saturated heterocycles. The second kappa shape index (κ2) is 5.15. The van der Waals surface area contributed by atoms with Crippen LogP contribution in [0.5, 0.6) is 0 Å². The molecule has 0 aliphatic carbocycles. The lowest BCUT2D eigenvalue weighted by atomic mass is 10.2. The Morgan fingerprint density at radius 2 is 2.00 bits per heavy atom. The summed E-state index contributed by atoms with van der Waals surface area (Å²) in [6.45, 7) is 2.61. The predicted octanol–water partition coefficient (Wildman–Crippen LogP) is 3.73. The van der Waals surface area contributed by atoms with Crippen LogP contribution in [0.15, 0.2) is 34.8 Å². The minimum Gasteiger partial charge on any atom is -0.380 e. The van der Waals surface area contributed by atoms with Crippen LogP contribution in [0.2, 0.25) is 0 Å².